The van der Waals surface area contributed by atoms with Crippen LogP contribution in [0.3, 0.4) is 0 Å². The number of likely N-dealkylation sites (tertiary alicyclic amines) is 1. The molecule has 0 atom stereocenters. The molecule has 158 valence electrons. The van der Waals surface area contributed by atoms with Gasteiger partial charge in [-0.05, 0) is 43.5 Å². The van der Waals surface area contributed by atoms with Gasteiger partial charge in [0.05, 0.1) is 12.7 Å². The Bertz CT molecular complexity index is 1050. The smallest absolute Gasteiger partial charge is 0.257 e. The molecule has 0 aliphatic carbocycles. The van der Waals surface area contributed by atoms with E-state index in [9.17, 15) is 13.6 Å². The van der Waals surface area contributed by atoms with Crippen LogP contribution in [0.4, 0.5) is 14.6 Å². The van der Waals surface area contributed by atoms with Crippen LogP contribution in [-0.2, 0) is 4.79 Å². The first-order valence-corrected chi connectivity index (χ1v) is 9.86. The fourth-order valence-corrected chi connectivity index (χ4v) is 3.70. The van der Waals surface area contributed by atoms with Gasteiger partial charge in [-0.15, -0.1) is 0 Å². The Morgan fingerprint density at radius 3 is 2.57 bits per heavy atom. The van der Waals surface area contributed by atoms with Crippen molar-refractivity contribution in [1.29, 1.82) is 0 Å². The number of anilines is 1. The molecular weight excluding hydrogens is 392 g/mol. The summed E-state index contributed by atoms with van der Waals surface area (Å²) in [6.45, 7) is 3.38. The molecule has 1 aliphatic rings. The van der Waals surface area contributed by atoms with Crippen LogP contribution < -0.4 is 5.32 Å². The van der Waals surface area contributed by atoms with E-state index in [-0.39, 0.29) is 18.4 Å². The number of carbonyl (C=O) groups excluding carboxylic acids is 1. The SMILES string of the molecule is Cc1ncc(-c2cc3cc(NC(=O)C4CCN(CC(C)(F)F)CC4)ncc3cn2)o1. The molecule has 0 spiro atoms. The number of nitrogens with zero attached hydrogens (tertiary/aromatic N) is 4. The van der Waals surface area contributed by atoms with Crippen molar-refractivity contribution in [2.45, 2.75) is 32.6 Å². The van der Waals surface area contributed by atoms with Crippen molar-refractivity contribution in [3.05, 3.63) is 36.6 Å². The Labute approximate surface area is 172 Å². The van der Waals surface area contributed by atoms with Gasteiger partial charge < -0.3 is 9.73 Å². The molecule has 1 aliphatic heterocycles. The number of oxazole rings is 1. The van der Waals surface area contributed by atoms with Crippen molar-refractivity contribution in [1.82, 2.24) is 19.9 Å². The normalized spacial score (nSPS) is 16.1. The average molecular weight is 415 g/mol. The standard InChI is InChI=1S/C21H23F2N5O2/c1-13-24-11-18(30-13)17-7-15-8-19(26-10-16(15)9-25-17)27-20(29)14-3-5-28(6-4-14)12-21(2,22)23/h7-11,14H,3-6,12H2,1-2H3,(H,26,27,29). The van der Waals surface area contributed by atoms with Crippen LogP contribution in [0.2, 0.25) is 0 Å². The molecule has 0 bridgehead atoms. The van der Waals surface area contributed by atoms with Crippen molar-refractivity contribution in [3.8, 4) is 11.5 Å². The molecule has 1 N–H and O–H groups in total. The van der Waals surface area contributed by atoms with E-state index >= 15 is 0 Å². The molecule has 3 aromatic rings. The van der Waals surface area contributed by atoms with Crippen molar-refractivity contribution in [3.63, 3.8) is 0 Å². The molecule has 30 heavy (non-hydrogen) atoms. The number of hydrogen-bond donors (Lipinski definition) is 1. The van der Waals surface area contributed by atoms with Gasteiger partial charge in [-0.3, -0.25) is 14.7 Å². The average Bonchev–Trinajstić information content (AvgIpc) is 3.13. The zero-order chi connectivity index (χ0) is 21.3. The molecule has 4 heterocycles. The van der Waals surface area contributed by atoms with Crippen LogP contribution in [0.25, 0.3) is 22.2 Å². The molecule has 0 unspecified atom stereocenters. The Morgan fingerprint density at radius 2 is 1.90 bits per heavy atom. The monoisotopic (exact) mass is 415 g/mol. The van der Waals surface area contributed by atoms with E-state index in [4.69, 9.17) is 4.42 Å². The van der Waals surface area contributed by atoms with Gasteiger partial charge in [-0.25, -0.2) is 18.7 Å². The highest BCUT2D eigenvalue weighted by molar-refractivity contribution is 5.94. The van der Waals surface area contributed by atoms with Gasteiger partial charge in [-0.2, -0.15) is 0 Å². The van der Waals surface area contributed by atoms with E-state index in [1.807, 2.05) is 6.07 Å². The molecule has 9 heteroatoms. The van der Waals surface area contributed by atoms with Crippen molar-refractivity contribution in [2.75, 3.05) is 25.0 Å². The minimum Gasteiger partial charge on any atom is -0.439 e. The van der Waals surface area contributed by atoms with E-state index in [0.29, 0.717) is 49.1 Å². The second-order valence-electron chi connectivity index (χ2n) is 7.84. The number of piperidine rings is 1. The van der Waals surface area contributed by atoms with Gasteiger partial charge in [0.1, 0.15) is 11.5 Å². The topological polar surface area (TPSA) is 84.2 Å². The highest BCUT2D eigenvalue weighted by atomic mass is 19.3. The van der Waals surface area contributed by atoms with Gasteiger partial charge in [0.2, 0.25) is 5.91 Å². The predicted octanol–water partition coefficient (Wildman–Crippen LogP) is 3.90. The van der Waals surface area contributed by atoms with Gasteiger partial charge >= 0.3 is 0 Å². The molecule has 4 rings (SSSR count). The predicted molar refractivity (Wildman–Crippen MR) is 108 cm³/mol. The Balaban J connectivity index is 1.43. The van der Waals surface area contributed by atoms with Gasteiger partial charge in [0, 0.05) is 37.5 Å². The van der Waals surface area contributed by atoms with Crippen LogP contribution in [-0.4, -0.2) is 51.3 Å². The second kappa shape index (κ2) is 8.06. The van der Waals surface area contributed by atoms with E-state index in [1.165, 1.54) is 0 Å². The Morgan fingerprint density at radius 1 is 1.17 bits per heavy atom. The molecular formula is C21H23F2N5O2. The molecule has 3 aromatic heterocycles. The zero-order valence-electron chi connectivity index (χ0n) is 16.9. The van der Waals surface area contributed by atoms with Crippen molar-refractivity contribution >= 4 is 22.5 Å². The molecule has 7 nitrogen and oxygen atoms in total. The van der Waals surface area contributed by atoms with Crippen LogP contribution in [0.5, 0.6) is 0 Å². The maximum absolute atomic E-state index is 13.2. The number of aromatic nitrogens is 3. The lowest BCUT2D eigenvalue weighted by Gasteiger charge is -2.32. The number of aryl methyl sites for hydroxylation is 1. The van der Waals surface area contributed by atoms with Gasteiger partial charge in [0.15, 0.2) is 11.7 Å². The third kappa shape index (κ3) is 4.79. The lowest BCUT2D eigenvalue weighted by atomic mass is 9.95. The van der Waals surface area contributed by atoms with Crippen LogP contribution in [0.1, 0.15) is 25.7 Å². The summed E-state index contributed by atoms with van der Waals surface area (Å²) in [6, 6.07) is 3.64. The number of carbonyl (C=O) groups is 1. The highest BCUT2D eigenvalue weighted by Crippen LogP contribution is 2.25. The number of amides is 1. The lowest BCUT2D eigenvalue weighted by Crippen LogP contribution is -2.42. The quantitative estimate of drug-likeness (QED) is 0.680. The molecule has 0 aromatic carbocycles. The molecule has 0 saturated carbocycles. The van der Waals surface area contributed by atoms with E-state index < -0.39 is 5.92 Å². The number of hydrogen-bond acceptors (Lipinski definition) is 6. The van der Waals surface area contributed by atoms with E-state index in [1.54, 1.807) is 36.5 Å². The second-order valence-corrected chi connectivity index (χ2v) is 7.84. The Hall–Kier alpha value is -2.94. The molecule has 1 fully saturated rings. The number of halogens is 2. The zero-order valence-corrected chi connectivity index (χ0v) is 16.9. The largest absolute Gasteiger partial charge is 0.439 e. The summed E-state index contributed by atoms with van der Waals surface area (Å²) in [7, 11) is 0. The summed E-state index contributed by atoms with van der Waals surface area (Å²) >= 11 is 0. The number of rotatable bonds is 5. The Kier molecular flexibility index (Phi) is 5.46. The number of pyridine rings is 2. The summed E-state index contributed by atoms with van der Waals surface area (Å²) in [5.74, 6) is -1.49. The summed E-state index contributed by atoms with van der Waals surface area (Å²) in [5, 5.41) is 4.55. The summed E-state index contributed by atoms with van der Waals surface area (Å²) in [5.41, 5.74) is 0.645. The third-order valence-electron chi connectivity index (χ3n) is 5.19. The first kappa shape index (κ1) is 20.3. The number of fused-ring (bicyclic) bond motifs is 1. The van der Waals surface area contributed by atoms with Crippen LogP contribution in [0, 0.1) is 12.8 Å². The van der Waals surface area contributed by atoms with Crippen LogP contribution in [0.15, 0.2) is 35.1 Å². The van der Waals surface area contributed by atoms with Crippen LogP contribution >= 0.6 is 0 Å². The minimum atomic E-state index is -2.72. The first-order chi connectivity index (χ1) is 14.3. The maximum atomic E-state index is 13.2. The fraction of sp³-hybridized carbons (Fsp3) is 0.429. The molecule has 1 amide bonds. The van der Waals surface area contributed by atoms with Gasteiger partial charge in [-0.1, -0.05) is 0 Å². The fourth-order valence-electron chi connectivity index (χ4n) is 3.70. The van der Waals surface area contributed by atoms with E-state index in [0.717, 1.165) is 17.7 Å². The summed E-state index contributed by atoms with van der Waals surface area (Å²) in [4.78, 5) is 27.1. The van der Waals surface area contributed by atoms with Gasteiger partial charge in [0.25, 0.3) is 5.92 Å². The summed E-state index contributed by atoms with van der Waals surface area (Å²) in [6.07, 6.45) is 6.07. The van der Waals surface area contributed by atoms with Crippen molar-refractivity contribution < 1.29 is 18.0 Å². The summed E-state index contributed by atoms with van der Waals surface area (Å²) < 4.78 is 31.9. The first-order valence-electron chi connectivity index (χ1n) is 9.86. The maximum Gasteiger partial charge on any atom is 0.257 e. The third-order valence-corrected chi connectivity index (χ3v) is 5.19. The highest BCUT2D eigenvalue weighted by Gasteiger charge is 2.30. The minimum absolute atomic E-state index is 0.134. The molecule has 1 saturated heterocycles. The number of alkyl halides is 2. The van der Waals surface area contributed by atoms with E-state index in [2.05, 4.69) is 20.3 Å². The number of nitrogens with one attached hydrogen (secondary N) is 1. The van der Waals surface area contributed by atoms with Crippen molar-refractivity contribution in [2.24, 2.45) is 5.92 Å². The molecule has 0 radical (unpaired) electrons. The lowest BCUT2D eigenvalue weighted by molar-refractivity contribution is -0.121.